The molecule has 2 atom stereocenters. The van der Waals surface area contributed by atoms with Gasteiger partial charge in [-0.3, -0.25) is 19.2 Å². The van der Waals surface area contributed by atoms with Crippen molar-refractivity contribution >= 4 is 11.8 Å². The number of para-hydroxylation sites is 1. The minimum absolute atomic E-state index is 0.159. The standard InChI is InChI=1S/C40H32F6N4O8/c1-55-14-15-57-29-19-31-26(34(23-4-2-3-5-28(23)58-31)50-38(54)25-9-11-33(40(44,45)46)49-37(25)53)18-21(29)16-20-6-7-22-27(12-13-56-30(22)17-20)47-35(51)24-8-10-32(39(41,42)43)48-36(24)52/h2-11,17-19,27,34H,12-16H2,1H3,(H,47,51)(H,48,52)(H,49,53)(H,50,54). The van der Waals surface area contributed by atoms with Crippen LogP contribution in [0.4, 0.5) is 26.3 Å². The van der Waals surface area contributed by atoms with Gasteiger partial charge in [-0.1, -0.05) is 30.3 Å². The molecule has 2 aliphatic rings. The first-order chi connectivity index (χ1) is 27.6. The van der Waals surface area contributed by atoms with E-state index in [-0.39, 0.29) is 26.2 Å². The van der Waals surface area contributed by atoms with Gasteiger partial charge in [-0.2, -0.15) is 26.3 Å². The first-order valence-electron chi connectivity index (χ1n) is 17.6. The monoisotopic (exact) mass is 810 g/mol. The number of hydrogen-bond acceptors (Lipinski definition) is 8. The van der Waals surface area contributed by atoms with Crippen LogP contribution in [0.15, 0.2) is 88.5 Å². The Bertz CT molecular complexity index is 2520. The van der Waals surface area contributed by atoms with Gasteiger partial charge in [0.1, 0.15) is 52.1 Å². The molecule has 0 aliphatic carbocycles. The summed E-state index contributed by atoms with van der Waals surface area (Å²) in [4.78, 5) is 54.9. The topological polar surface area (TPSA) is 161 Å². The lowest BCUT2D eigenvalue weighted by Crippen LogP contribution is -2.35. The molecule has 5 aromatic rings. The van der Waals surface area contributed by atoms with Gasteiger partial charge in [0.15, 0.2) is 0 Å². The fraction of sp³-hybridized carbons (Fsp3) is 0.250. The van der Waals surface area contributed by atoms with Crippen LogP contribution < -0.4 is 36.0 Å². The molecule has 2 unspecified atom stereocenters. The Labute approximate surface area is 324 Å². The number of ether oxygens (including phenoxy) is 4. The lowest BCUT2D eigenvalue weighted by molar-refractivity contribution is -0.142. The number of rotatable bonds is 10. The molecule has 4 N–H and O–H groups in total. The Morgan fingerprint density at radius 1 is 0.741 bits per heavy atom. The maximum Gasteiger partial charge on any atom is 0.431 e. The molecule has 3 aromatic carbocycles. The number of pyridine rings is 2. The van der Waals surface area contributed by atoms with Gasteiger partial charge in [0.05, 0.1) is 25.3 Å². The summed E-state index contributed by atoms with van der Waals surface area (Å²) in [5, 5.41) is 5.50. The average Bonchev–Trinajstić information content (AvgIpc) is 3.17. The molecule has 18 heteroatoms. The molecular formula is C40H32F6N4O8. The number of fused-ring (bicyclic) bond motifs is 3. The largest absolute Gasteiger partial charge is 0.493 e. The molecule has 302 valence electrons. The molecule has 0 saturated heterocycles. The number of aromatic nitrogens is 2. The van der Waals surface area contributed by atoms with Crippen LogP contribution >= 0.6 is 0 Å². The number of aromatic amines is 2. The average molecular weight is 811 g/mol. The van der Waals surface area contributed by atoms with E-state index in [0.29, 0.717) is 63.8 Å². The fourth-order valence-corrected chi connectivity index (χ4v) is 6.69. The van der Waals surface area contributed by atoms with Gasteiger partial charge >= 0.3 is 12.4 Å². The molecule has 2 amide bonds. The van der Waals surface area contributed by atoms with Crippen molar-refractivity contribution in [3.8, 4) is 23.0 Å². The summed E-state index contributed by atoms with van der Waals surface area (Å²) in [6.45, 7) is 0.583. The van der Waals surface area contributed by atoms with E-state index in [1.807, 2.05) is 0 Å². The zero-order valence-electron chi connectivity index (χ0n) is 30.2. The van der Waals surface area contributed by atoms with E-state index in [1.165, 1.54) is 7.11 Å². The summed E-state index contributed by atoms with van der Waals surface area (Å²) < 4.78 is 102. The predicted molar refractivity (Wildman–Crippen MR) is 193 cm³/mol. The van der Waals surface area contributed by atoms with Gasteiger partial charge in [0, 0.05) is 42.7 Å². The number of carbonyl (C=O) groups is 2. The van der Waals surface area contributed by atoms with E-state index in [1.54, 1.807) is 64.6 Å². The second-order valence-corrected chi connectivity index (χ2v) is 13.3. The Balaban J connectivity index is 1.18. The van der Waals surface area contributed by atoms with E-state index in [4.69, 9.17) is 18.9 Å². The number of benzene rings is 3. The number of halogens is 6. The van der Waals surface area contributed by atoms with E-state index >= 15 is 0 Å². The van der Waals surface area contributed by atoms with Crippen molar-refractivity contribution in [2.45, 2.75) is 37.3 Å². The summed E-state index contributed by atoms with van der Waals surface area (Å²) in [5.41, 5.74) is -3.14. The fourth-order valence-electron chi connectivity index (χ4n) is 6.69. The smallest absolute Gasteiger partial charge is 0.431 e. The number of hydrogen-bond donors (Lipinski definition) is 4. The van der Waals surface area contributed by atoms with Crippen LogP contribution in [0.1, 0.15) is 78.4 Å². The molecule has 58 heavy (non-hydrogen) atoms. The van der Waals surface area contributed by atoms with E-state index in [9.17, 15) is 45.5 Å². The lowest BCUT2D eigenvalue weighted by atomic mass is 9.90. The van der Waals surface area contributed by atoms with Crippen LogP contribution in [0.3, 0.4) is 0 Å². The normalized spacial score (nSPS) is 15.8. The van der Waals surface area contributed by atoms with Crippen molar-refractivity contribution in [3.63, 3.8) is 0 Å². The predicted octanol–water partition coefficient (Wildman–Crippen LogP) is 6.60. The third-order valence-corrected chi connectivity index (χ3v) is 9.51. The number of carbonyl (C=O) groups excluding carboxylic acids is 2. The van der Waals surface area contributed by atoms with E-state index in [2.05, 4.69) is 10.6 Å². The maximum atomic E-state index is 13.5. The van der Waals surface area contributed by atoms with Crippen molar-refractivity contribution in [1.29, 1.82) is 0 Å². The van der Waals surface area contributed by atoms with Crippen LogP contribution in [0.2, 0.25) is 0 Å². The molecule has 0 fully saturated rings. The van der Waals surface area contributed by atoms with Crippen molar-refractivity contribution in [3.05, 3.63) is 150 Å². The summed E-state index contributed by atoms with van der Waals surface area (Å²) >= 11 is 0. The quantitative estimate of drug-likeness (QED) is 0.0908. The van der Waals surface area contributed by atoms with Gasteiger partial charge in [0.25, 0.3) is 22.9 Å². The molecule has 2 aromatic heterocycles. The van der Waals surface area contributed by atoms with Crippen LogP contribution in [0.25, 0.3) is 0 Å². The van der Waals surface area contributed by atoms with E-state index in [0.717, 1.165) is 17.7 Å². The summed E-state index contributed by atoms with van der Waals surface area (Å²) in [5.74, 6) is -0.281. The SMILES string of the molecule is COCCOc1cc2c(cc1Cc1ccc3c(c1)OCCC3NC(=O)c1ccc(C(F)(F)F)[nH]c1=O)C(NC(=O)c1ccc(C(F)(F)F)[nH]c1=O)c1ccccc1O2. The minimum atomic E-state index is -4.83. The number of alkyl halides is 6. The van der Waals surface area contributed by atoms with Crippen molar-refractivity contribution in [1.82, 2.24) is 20.6 Å². The van der Waals surface area contributed by atoms with Gasteiger partial charge in [-0.15, -0.1) is 0 Å². The van der Waals surface area contributed by atoms with Crippen LogP contribution in [0, 0.1) is 0 Å². The summed E-state index contributed by atoms with van der Waals surface area (Å²) in [6.07, 6.45) is -9.08. The molecule has 0 saturated carbocycles. The molecule has 7 rings (SSSR count). The van der Waals surface area contributed by atoms with Crippen LogP contribution in [-0.2, 0) is 23.5 Å². The molecule has 4 heterocycles. The number of nitrogens with one attached hydrogen (secondary N) is 4. The first kappa shape index (κ1) is 39.7. The van der Waals surface area contributed by atoms with Crippen molar-refractivity contribution in [2.24, 2.45) is 0 Å². The molecule has 0 radical (unpaired) electrons. The highest BCUT2D eigenvalue weighted by Crippen LogP contribution is 2.46. The summed E-state index contributed by atoms with van der Waals surface area (Å²) in [6, 6.07) is 16.7. The van der Waals surface area contributed by atoms with Crippen LogP contribution in [-0.4, -0.2) is 48.7 Å². The number of H-pyrrole nitrogens is 2. The lowest BCUT2D eigenvalue weighted by Gasteiger charge is -2.30. The number of amides is 2. The molecule has 2 aliphatic heterocycles. The Kier molecular flexibility index (Phi) is 10.8. The van der Waals surface area contributed by atoms with Crippen molar-refractivity contribution < 1.29 is 54.9 Å². The Hall–Kier alpha value is -6.56. The number of methoxy groups -OCH3 is 1. The van der Waals surface area contributed by atoms with Crippen molar-refractivity contribution in [2.75, 3.05) is 26.9 Å². The van der Waals surface area contributed by atoms with Gasteiger partial charge in [-0.05, 0) is 53.6 Å². The Morgan fingerprint density at radius 3 is 2.03 bits per heavy atom. The van der Waals surface area contributed by atoms with Crippen LogP contribution in [0.5, 0.6) is 23.0 Å². The van der Waals surface area contributed by atoms with Gasteiger partial charge in [-0.25, -0.2) is 0 Å². The zero-order valence-corrected chi connectivity index (χ0v) is 30.2. The third-order valence-electron chi connectivity index (χ3n) is 9.51. The van der Waals surface area contributed by atoms with Gasteiger partial charge in [0.2, 0.25) is 0 Å². The first-order valence-corrected chi connectivity index (χ1v) is 17.6. The molecule has 0 spiro atoms. The Morgan fingerprint density at radius 2 is 1.40 bits per heavy atom. The minimum Gasteiger partial charge on any atom is -0.493 e. The zero-order chi connectivity index (χ0) is 41.4. The van der Waals surface area contributed by atoms with E-state index < -0.39 is 69.9 Å². The highest BCUT2D eigenvalue weighted by Gasteiger charge is 2.35. The molecule has 12 nitrogen and oxygen atoms in total. The van der Waals surface area contributed by atoms with Gasteiger partial charge < -0.3 is 39.5 Å². The second-order valence-electron chi connectivity index (χ2n) is 13.3. The molecule has 0 bridgehead atoms. The molecular weight excluding hydrogens is 778 g/mol. The second kappa shape index (κ2) is 15.8. The summed E-state index contributed by atoms with van der Waals surface area (Å²) in [7, 11) is 1.51. The third kappa shape index (κ3) is 8.27. The maximum absolute atomic E-state index is 13.5. The highest BCUT2D eigenvalue weighted by molar-refractivity contribution is 5.95. The highest BCUT2D eigenvalue weighted by atomic mass is 19.4.